The fourth-order valence-corrected chi connectivity index (χ4v) is 2.76. The Morgan fingerprint density at radius 3 is 2.48 bits per heavy atom. The molecule has 0 fully saturated rings. The zero-order valence-electron chi connectivity index (χ0n) is 12.7. The third-order valence-corrected chi connectivity index (χ3v) is 4.73. The number of anilines is 1. The Morgan fingerprint density at radius 2 is 1.86 bits per heavy atom. The molecule has 21 heavy (non-hydrogen) atoms. The van der Waals surface area contributed by atoms with Gasteiger partial charge in [0.15, 0.2) is 0 Å². The average molecular weight is 372 g/mol. The van der Waals surface area contributed by atoms with E-state index in [1.165, 1.54) is 38.5 Å². The Hall–Kier alpha value is -0.720. The highest BCUT2D eigenvalue weighted by molar-refractivity contribution is 9.10. The molecule has 0 aliphatic heterocycles. The van der Waals surface area contributed by atoms with Crippen molar-refractivity contribution in [3.05, 3.63) is 27.7 Å². The summed E-state index contributed by atoms with van der Waals surface area (Å²) in [6.45, 7) is 2.23. The van der Waals surface area contributed by atoms with E-state index in [1.807, 2.05) is 18.2 Å². The standard InChI is InChI=1S/C17H24BrClN2/c1-2-3-4-5-6-7-8-9-15(13-20)21-14-10-11-17(19)16(18)12-14/h10-12,15,21H,2-9H2,1H3. The topological polar surface area (TPSA) is 35.8 Å². The lowest BCUT2D eigenvalue weighted by Crippen LogP contribution is -2.16. The molecule has 4 heteroatoms. The summed E-state index contributed by atoms with van der Waals surface area (Å²) >= 11 is 9.36. The highest BCUT2D eigenvalue weighted by Gasteiger charge is 2.08. The number of benzene rings is 1. The first-order valence-electron chi connectivity index (χ1n) is 7.78. The highest BCUT2D eigenvalue weighted by Crippen LogP contribution is 2.26. The number of rotatable bonds is 10. The van der Waals surface area contributed by atoms with Gasteiger partial charge in [0.2, 0.25) is 0 Å². The number of nitrogens with zero attached hydrogens (tertiary/aromatic N) is 1. The van der Waals surface area contributed by atoms with Gasteiger partial charge in [0.05, 0.1) is 11.1 Å². The first-order valence-corrected chi connectivity index (χ1v) is 8.95. The number of hydrogen-bond donors (Lipinski definition) is 1. The molecule has 0 aromatic heterocycles. The second-order valence-electron chi connectivity index (χ2n) is 5.36. The van der Waals surface area contributed by atoms with E-state index >= 15 is 0 Å². The monoisotopic (exact) mass is 370 g/mol. The molecule has 1 atom stereocenters. The van der Waals surface area contributed by atoms with Crippen LogP contribution in [0, 0.1) is 11.3 Å². The molecule has 0 aliphatic carbocycles. The summed E-state index contributed by atoms with van der Waals surface area (Å²) in [4.78, 5) is 0. The Morgan fingerprint density at radius 1 is 1.19 bits per heavy atom. The number of hydrogen-bond acceptors (Lipinski definition) is 2. The summed E-state index contributed by atoms with van der Waals surface area (Å²) in [6.07, 6.45) is 9.79. The van der Waals surface area contributed by atoms with Gasteiger partial charge in [-0.2, -0.15) is 5.26 Å². The van der Waals surface area contributed by atoms with Crippen LogP contribution in [0.2, 0.25) is 5.02 Å². The first kappa shape index (κ1) is 18.3. The van der Waals surface area contributed by atoms with Gasteiger partial charge in [-0.1, -0.05) is 63.5 Å². The molecule has 0 saturated heterocycles. The number of nitriles is 1. The molecular formula is C17H24BrClN2. The van der Waals surface area contributed by atoms with Crippen LogP contribution in [0.1, 0.15) is 58.3 Å². The van der Waals surface area contributed by atoms with Gasteiger partial charge in [-0.3, -0.25) is 0 Å². The van der Waals surface area contributed by atoms with Gasteiger partial charge in [0, 0.05) is 10.2 Å². The third kappa shape index (κ3) is 7.74. The Labute approximate surface area is 142 Å². The van der Waals surface area contributed by atoms with Crippen molar-refractivity contribution < 1.29 is 0 Å². The predicted molar refractivity (Wildman–Crippen MR) is 94.8 cm³/mol. The van der Waals surface area contributed by atoms with E-state index in [4.69, 9.17) is 11.6 Å². The Bertz CT molecular complexity index is 457. The molecule has 0 saturated carbocycles. The number of unbranched alkanes of at least 4 members (excludes halogenated alkanes) is 6. The molecule has 0 bridgehead atoms. The van der Waals surface area contributed by atoms with Crippen LogP contribution in [0.25, 0.3) is 0 Å². The Kier molecular flexibility index (Phi) is 9.54. The van der Waals surface area contributed by atoms with Crippen molar-refractivity contribution >= 4 is 33.2 Å². The molecule has 0 aliphatic rings. The van der Waals surface area contributed by atoms with Gasteiger partial charge in [-0.05, 0) is 40.5 Å². The summed E-state index contributed by atoms with van der Waals surface area (Å²) < 4.78 is 0.849. The van der Waals surface area contributed by atoms with Crippen LogP contribution < -0.4 is 5.32 Å². The van der Waals surface area contributed by atoms with Gasteiger partial charge in [0.25, 0.3) is 0 Å². The van der Waals surface area contributed by atoms with E-state index in [9.17, 15) is 5.26 Å². The van der Waals surface area contributed by atoms with Gasteiger partial charge in [0.1, 0.15) is 6.04 Å². The lowest BCUT2D eigenvalue weighted by Gasteiger charge is -2.13. The Balaban J connectivity index is 2.25. The van der Waals surface area contributed by atoms with E-state index in [0.717, 1.165) is 23.0 Å². The average Bonchev–Trinajstić information content (AvgIpc) is 2.48. The zero-order valence-corrected chi connectivity index (χ0v) is 15.0. The molecule has 1 rings (SSSR count). The van der Waals surface area contributed by atoms with Crippen molar-refractivity contribution in [2.24, 2.45) is 0 Å². The van der Waals surface area contributed by atoms with Crippen molar-refractivity contribution in [2.75, 3.05) is 5.32 Å². The lowest BCUT2D eigenvalue weighted by atomic mass is 10.1. The van der Waals surface area contributed by atoms with Gasteiger partial charge >= 0.3 is 0 Å². The van der Waals surface area contributed by atoms with Crippen LogP contribution >= 0.6 is 27.5 Å². The molecule has 0 amide bonds. The number of halogens is 2. The summed E-state index contributed by atoms with van der Waals surface area (Å²) in [7, 11) is 0. The normalized spacial score (nSPS) is 11.9. The molecule has 0 heterocycles. The molecule has 2 nitrogen and oxygen atoms in total. The van der Waals surface area contributed by atoms with Gasteiger partial charge in [-0.15, -0.1) is 0 Å². The maximum absolute atomic E-state index is 9.23. The van der Waals surface area contributed by atoms with Crippen molar-refractivity contribution in [3.63, 3.8) is 0 Å². The van der Waals surface area contributed by atoms with Crippen LogP contribution in [0.3, 0.4) is 0 Å². The fourth-order valence-electron chi connectivity index (χ4n) is 2.26. The van der Waals surface area contributed by atoms with E-state index in [1.54, 1.807) is 0 Å². The van der Waals surface area contributed by atoms with Gasteiger partial charge < -0.3 is 5.32 Å². The van der Waals surface area contributed by atoms with Crippen LogP contribution in [-0.4, -0.2) is 6.04 Å². The molecule has 0 radical (unpaired) electrons. The van der Waals surface area contributed by atoms with Crippen LogP contribution in [0.15, 0.2) is 22.7 Å². The second-order valence-corrected chi connectivity index (χ2v) is 6.63. The summed E-state index contributed by atoms with van der Waals surface area (Å²) in [5.41, 5.74) is 0.931. The minimum Gasteiger partial charge on any atom is -0.370 e. The fraction of sp³-hybridized carbons (Fsp3) is 0.588. The molecule has 0 spiro atoms. The van der Waals surface area contributed by atoms with Crippen LogP contribution in [0.4, 0.5) is 5.69 Å². The van der Waals surface area contributed by atoms with Crippen molar-refractivity contribution in [2.45, 2.75) is 64.3 Å². The predicted octanol–water partition coefficient (Wildman–Crippen LogP) is 6.55. The molecule has 1 aromatic rings. The quantitative estimate of drug-likeness (QED) is 0.473. The maximum Gasteiger partial charge on any atom is 0.114 e. The zero-order chi connectivity index (χ0) is 15.5. The molecule has 1 unspecified atom stereocenters. The van der Waals surface area contributed by atoms with Gasteiger partial charge in [-0.25, -0.2) is 0 Å². The highest BCUT2D eigenvalue weighted by atomic mass is 79.9. The smallest absolute Gasteiger partial charge is 0.114 e. The van der Waals surface area contributed by atoms with Crippen molar-refractivity contribution in [1.29, 1.82) is 5.26 Å². The third-order valence-electron chi connectivity index (χ3n) is 3.51. The SMILES string of the molecule is CCCCCCCCCC(C#N)Nc1ccc(Cl)c(Br)c1. The minimum absolute atomic E-state index is 0.131. The number of nitrogens with one attached hydrogen (secondary N) is 1. The largest absolute Gasteiger partial charge is 0.370 e. The van der Waals surface area contributed by atoms with E-state index in [-0.39, 0.29) is 6.04 Å². The van der Waals surface area contributed by atoms with Crippen LogP contribution in [0.5, 0.6) is 0 Å². The van der Waals surface area contributed by atoms with E-state index in [2.05, 4.69) is 34.2 Å². The minimum atomic E-state index is -0.131. The molecule has 1 N–H and O–H groups in total. The summed E-state index contributed by atoms with van der Waals surface area (Å²) in [5.74, 6) is 0. The molecular weight excluding hydrogens is 348 g/mol. The molecule has 1 aromatic carbocycles. The first-order chi connectivity index (χ1) is 10.2. The lowest BCUT2D eigenvalue weighted by molar-refractivity contribution is 0.569. The van der Waals surface area contributed by atoms with Crippen molar-refractivity contribution in [1.82, 2.24) is 0 Å². The summed E-state index contributed by atoms with van der Waals surface area (Å²) in [5, 5.41) is 13.2. The second kappa shape index (κ2) is 10.9. The van der Waals surface area contributed by atoms with Crippen LogP contribution in [-0.2, 0) is 0 Å². The van der Waals surface area contributed by atoms with Crippen molar-refractivity contribution in [3.8, 4) is 6.07 Å². The van der Waals surface area contributed by atoms with E-state index in [0.29, 0.717) is 5.02 Å². The molecule has 116 valence electrons. The van der Waals surface area contributed by atoms with E-state index < -0.39 is 0 Å². The summed E-state index contributed by atoms with van der Waals surface area (Å²) in [6, 6.07) is 7.85. The maximum atomic E-state index is 9.23.